The van der Waals surface area contributed by atoms with Crippen LogP contribution in [0.1, 0.15) is 59.8 Å². The fraction of sp³-hybridized carbons (Fsp3) is 0.650. The summed E-state index contributed by atoms with van der Waals surface area (Å²) in [6, 6.07) is 0. The second-order valence-corrected chi connectivity index (χ2v) is 7.86. The molecule has 1 aliphatic heterocycles. The smallest absolute Gasteiger partial charge is 0.334 e. The number of esters is 1. The topological polar surface area (TPSA) is 87.0 Å². The molecule has 5 nitrogen and oxygen atoms in total. The van der Waals surface area contributed by atoms with Crippen molar-refractivity contribution in [2.24, 2.45) is 0 Å². The zero-order valence-corrected chi connectivity index (χ0v) is 15.6. The van der Waals surface area contributed by atoms with E-state index in [2.05, 4.69) is 0 Å². The SMILES string of the molecule is CC1=C2CC[C@@](C)(O)/C=C/C[C@@](C)(O)[C@@H](O)CC/C(C)=C/[C@@H]2OC1=O. The van der Waals surface area contributed by atoms with Gasteiger partial charge in [0, 0.05) is 5.57 Å². The van der Waals surface area contributed by atoms with E-state index in [1.807, 2.05) is 13.0 Å². The summed E-state index contributed by atoms with van der Waals surface area (Å²) in [7, 11) is 0. The molecule has 1 aliphatic carbocycles. The molecule has 25 heavy (non-hydrogen) atoms. The highest BCUT2D eigenvalue weighted by Crippen LogP contribution is 2.32. The second kappa shape index (κ2) is 7.44. The molecule has 0 aromatic rings. The van der Waals surface area contributed by atoms with Gasteiger partial charge in [-0.1, -0.05) is 17.7 Å². The molecule has 0 radical (unpaired) electrons. The molecule has 140 valence electrons. The molecule has 2 aliphatic rings. The highest BCUT2D eigenvalue weighted by atomic mass is 16.5. The minimum atomic E-state index is -1.25. The van der Waals surface area contributed by atoms with Crippen LogP contribution in [0.2, 0.25) is 0 Å². The van der Waals surface area contributed by atoms with Gasteiger partial charge in [0.25, 0.3) is 0 Å². The molecule has 0 unspecified atom stereocenters. The van der Waals surface area contributed by atoms with Gasteiger partial charge in [0.05, 0.1) is 17.3 Å². The second-order valence-electron chi connectivity index (χ2n) is 7.86. The van der Waals surface area contributed by atoms with Crippen molar-refractivity contribution < 1.29 is 24.9 Å². The van der Waals surface area contributed by atoms with Gasteiger partial charge in [0.15, 0.2) is 0 Å². The molecular formula is C20H30O5. The van der Waals surface area contributed by atoms with Gasteiger partial charge in [0.2, 0.25) is 0 Å². The Balaban J connectivity index is 2.31. The van der Waals surface area contributed by atoms with Gasteiger partial charge in [-0.15, -0.1) is 0 Å². The molecule has 4 atom stereocenters. The molecule has 0 bridgehead atoms. The van der Waals surface area contributed by atoms with Crippen molar-refractivity contribution in [3.8, 4) is 0 Å². The first-order valence-electron chi connectivity index (χ1n) is 8.90. The molecule has 0 spiro atoms. The summed E-state index contributed by atoms with van der Waals surface area (Å²) >= 11 is 0. The number of hydrogen-bond acceptors (Lipinski definition) is 5. The molecular weight excluding hydrogens is 320 g/mol. The number of carbonyl (C=O) groups is 1. The van der Waals surface area contributed by atoms with E-state index >= 15 is 0 Å². The lowest BCUT2D eigenvalue weighted by Crippen LogP contribution is -2.39. The van der Waals surface area contributed by atoms with Crippen LogP contribution in [0.4, 0.5) is 0 Å². The normalized spacial score (nSPS) is 41.4. The van der Waals surface area contributed by atoms with E-state index in [1.165, 1.54) is 0 Å². The van der Waals surface area contributed by atoms with Crippen molar-refractivity contribution in [3.05, 3.63) is 34.9 Å². The largest absolute Gasteiger partial charge is 0.450 e. The van der Waals surface area contributed by atoms with Crippen LogP contribution in [0.15, 0.2) is 34.9 Å². The van der Waals surface area contributed by atoms with Crippen LogP contribution < -0.4 is 0 Å². The fourth-order valence-electron chi connectivity index (χ4n) is 3.26. The number of carbonyl (C=O) groups excluding carboxylic acids is 1. The fourth-order valence-corrected chi connectivity index (χ4v) is 3.26. The third-order valence-corrected chi connectivity index (χ3v) is 5.24. The molecule has 0 saturated carbocycles. The maximum Gasteiger partial charge on any atom is 0.334 e. The molecule has 5 heteroatoms. The molecule has 0 aromatic carbocycles. The number of hydrogen-bond donors (Lipinski definition) is 3. The lowest BCUT2D eigenvalue weighted by Gasteiger charge is -2.29. The van der Waals surface area contributed by atoms with E-state index in [4.69, 9.17) is 4.74 Å². The highest BCUT2D eigenvalue weighted by Gasteiger charge is 2.33. The van der Waals surface area contributed by atoms with Crippen LogP contribution in [0.25, 0.3) is 0 Å². The Kier molecular flexibility index (Phi) is 5.92. The van der Waals surface area contributed by atoms with Gasteiger partial charge < -0.3 is 20.1 Å². The van der Waals surface area contributed by atoms with Gasteiger partial charge in [-0.05, 0) is 71.4 Å². The van der Waals surface area contributed by atoms with Crippen LogP contribution in [0.5, 0.6) is 0 Å². The quantitative estimate of drug-likeness (QED) is 0.462. The number of allylic oxidation sites excluding steroid dienone is 1. The Bertz CT molecular complexity index is 610. The Morgan fingerprint density at radius 2 is 1.88 bits per heavy atom. The van der Waals surface area contributed by atoms with Gasteiger partial charge in [-0.25, -0.2) is 4.79 Å². The van der Waals surface area contributed by atoms with Gasteiger partial charge >= 0.3 is 5.97 Å². The summed E-state index contributed by atoms with van der Waals surface area (Å²) in [6.07, 6.45) is 6.28. The Hall–Kier alpha value is -1.43. The number of ether oxygens (including phenoxy) is 1. The monoisotopic (exact) mass is 350 g/mol. The molecule has 0 saturated heterocycles. The number of fused-ring (bicyclic) bond motifs is 1. The summed E-state index contributed by atoms with van der Waals surface area (Å²) in [5.74, 6) is -0.313. The van der Waals surface area contributed by atoms with Crippen molar-refractivity contribution in [2.45, 2.75) is 83.2 Å². The summed E-state index contributed by atoms with van der Waals surface area (Å²) in [5.41, 5.74) is 0.206. The van der Waals surface area contributed by atoms with Crippen molar-refractivity contribution in [1.29, 1.82) is 0 Å². The summed E-state index contributed by atoms with van der Waals surface area (Å²) in [4.78, 5) is 11.9. The van der Waals surface area contributed by atoms with E-state index in [-0.39, 0.29) is 12.4 Å². The summed E-state index contributed by atoms with van der Waals surface area (Å²) < 4.78 is 5.44. The lowest BCUT2D eigenvalue weighted by molar-refractivity contribution is -0.138. The molecule has 1 heterocycles. The standard InChI is InChI=1S/C20H30O5/c1-13-6-7-17(21)20(4,24)10-5-9-19(3,23)11-8-15-14(2)18(22)25-16(15)12-13/h5,9,12,16-17,21,23-24H,6-8,10-11H2,1-4H3/b9-5+,13-12+/t16-,17-,19-,20+/m0/s1. The van der Waals surface area contributed by atoms with E-state index in [0.717, 1.165) is 11.1 Å². The maximum absolute atomic E-state index is 11.9. The molecule has 2 rings (SSSR count). The van der Waals surface area contributed by atoms with Crippen LogP contribution >= 0.6 is 0 Å². The average Bonchev–Trinajstić information content (AvgIpc) is 2.76. The highest BCUT2D eigenvalue weighted by molar-refractivity contribution is 5.92. The van der Waals surface area contributed by atoms with Crippen LogP contribution in [0, 0.1) is 0 Å². The first kappa shape index (κ1) is 19.9. The third kappa shape index (κ3) is 5.03. The average molecular weight is 350 g/mol. The van der Waals surface area contributed by atoms with Crippen LogP contribution in [-0.2, 0) is 9.53 Å². The molecule has 3 N–H and O–H groups in total. The first-order chi connectivity index (χ1) is 11.5. The predicted molar refractivity (Wildman–Crippen MR) is 95.8 cm³/mol. The third-order valence-electron chi connectivity index (χ3n) is 5.24. The zero-order valence-electron chi connectivity index (χ0n) is 15.6. The predicted octanol–water partition coefficient (Wildman–Crippen LogP) is 2.56. The minimum Gasteiger partial charge on any atom is -0.450 e. The molecule has 0 amide bonds. The van der Waals surface area contributed by atoms with Gasteiger partial charge in [-0.2, -0.15) is 0 Å². The molecule has 0 aromatic heterocycles. The number of rotatable bonds is 0. The van der Waals surface area contributed by atoms with Crippen molar-refractivity contribution in [2.75, 3.05) is 0 Å². The van der Waals surface area contributed by atoms with E-state index in [1.54, 1.807) is 32.9 Å². The number of aliphatic hydroxyl groups is 3. The summed E-state index contributed by atoms with van der Waals surface area (Å²) in [5, 5.41) is 31.3. The Morgan fingerprint density at radius 1 is 1.20 bits per heavy atom. The maximum atomic E-state index is 11.9. The van der Waals surface area contributed by atoms with E-state index < -0.39 is 23.4 Å². The molecule has 0 fully saturated rings. The minimum absolute atomic E-state index is 0.263. The van der Waals surface area contributed by atoms with Crippen LogP contribution in [0.3, 0.4) is 0 Å². The number of aliphatic hydroxyl groups excluding tert-OH is 1. The van der Waals surface area contributed by atoms with E-state index in [9.17, 15) is 20.1 Å². The zero-order chi connectivity index (χ0) is 18.8. The van der Waals surface area contributed by atoms with Crippen molar-refractivity contribution >= 4 is 5.97 Å². The lowest BCUT2D eigenvalue weighted by atomic mass is 9.87. The van der Waals surface area contributed by atoms with Crippen molar-refractivity contribution in [3.63, 3.8) is 0 Å². The first-order valence-corrected chi connectivity index (χ1v) is 8.90. The van der Waals surface area contributed by atoms with Crippen molar-refractivity contribution in [1.82, 2.24) is 0 Å². The van der Waals surface area contributed by atoms with Crippen LogP contribution in [-0.4, -0.2) is 44.7 Å². The van der Waals surface area contributed by atoms with Gasteiger partial charge in [0.1, 0.15) is 6.10 Å². The Morgan fingerprint density at radius 3 is 2.56 bits per heavy atom. The summed E-state index contributed by atoms with van der Waals surface area (Å²) in [6.45, 7) is 6.99. The van der Waals surface area contributed by atoms with Gasteiger partial charge in [-0.3, -0.25) is 0 Å². The van der Waals surface area contributed by atoms with E-state index in [0.29, 0.717) is 31.3 Å². The Labute approximate surface area is 149 Å².